The number of fused-ring (bicyclic) bond motifs is 1. The van der Waals surface area contributed by atoms with E-state index in [0.717, 1.165) is 11.1 Å². The third-order valence-electron chi connectivity index (χ3n) is 3.43. The highest BCUT2D eigenvalue weighted by atomic mass is 79.9. The summed E-state index contributed by atoms with van der Waals surface area (Å²) in [5.74, 6) is -0.244. The summed E-state index contributed by atoms with van der Waals surface area (Å²) in [6.07, 6.45) is 0.257. The summed E-state index contributed by atoms with van der Waals surface area (Å²) in [6, 6.07) is 8.81. The highest BCUT2D eigenvalue weighted by Gasteiger charge is 2.27. The van der Waals surface area contributed by atoms with Crippen LogP contribution in [0.1, 0.15) is 29.7 Å². The van der Waals surface area contributed by atoms with Crippen LogP contribution in [0.2, 0.25) is 0 Å². The van der Waals surface area contributed by atoms with Gasteiger partial charge in [0, 0.05) is 24.1 Å². The molecule has 0 aromatic heterocycles. The molecular weight excluding hydrogens is 328 g/mol. The molecule has 2 N–H and O–H groups in total. The smallest absolute Gasteiger partial charge is 0.137 e. The van der Waals surface area contributed by atoms with E-state index >= 15 is 0 Å². The number of rotatable bonds is 1. The Kier molecular flexibility index (Phi) is 3.48. The molecule has 5 heteroatoms. The van der Waals surface area contributed by atoms with Crippen molar-refractivity contribution in [2.75, 3.05) is 0 Å². The molecule has 1 aliphatic rings. The lowest BCUT2D eigenvalue weighted by Crippen LogP contribution is -2.24. The van der Waals surface area contributed by atoms with Crippen molar-refractivity contribution >= 4 is 15.9 Å². The van der Waals surface area contributed by atoms with Crippen molar-refractivity contribution in [1.82, 2.24) is 0 Å². The standard InChI is InChI=1S/C15H12BrF2NO/c16-11-5-8(1-4-12(11)18)14-7-13(19)10-3-2-9(17)6-15(10)20-14/h1-6,13-14H,7,19H2. The van der Waals surface area contributed by atoms with Gasteiger partial charge in [-0.25, -0.2) is 8.78 Å². The number of nitrogens with two attached hydrogens (primary N) is 1. The van der Waals surface area contributed by atoms with Crippen LogP contribution in [0, 0.1) is 11.6 Å². The minimum atomic E-state index is -0.364. The van der Waals surface area contributed by atoms with Crippen LogP contribution < -0.4 is 10.5 Å². The highest BCUT2D eigenvalue weighted by molar-refractivity contribution is 9.10. The van der Waals surface area contributed by atoms with Gasteiger partial charge in [-0.3, -0.25) is 0 Å². The van der Waals surface area contributed by atoms with E-state index in [1.807, 2.05) is 0 Å². The van der Waals surface area contributed by atoms with E-state index in [0.29, 0.717) is 16.6 Å². The quantitative estimate of drug-likeness (QED) is 0.842. The zero-order valence-corrected chi connectivity index (χ0v) is 12.0. The maximum atomic E-state index is 13.3. The van der Waals surface area contributed by atoms with Gasteiger partial charge >= 0.3 is 0 Å². The predicted octanol–water partition coefficient (Wildman–Crippen LogP) is 4.25. The van der Waals surface area contributed by atoms with Crippen molar-refractivity contribution in [2.24, 2.45) is 5.73 Å². The van der Waals surface area contributed by atoms with Crippen molar-refractivity contribution < 1.29 is 13.5 Å². The Hall–Kier alpha value is -1.46. The Morgan fingerprint density at radius 1 is 1.15 bits per heavy atom. The van der Waals surface area contributed by atoms with Gasteiger partial charge in [0.05, 0.1) is 4.47 Å². The number of hydrogen-bond donors (Lipinski definition) is 1. The van der Waals surface area contributed by atoms with Gasteiger partial charge in [0.25, 0.3) is 0 Å². The Morgan fingerprint density at radius 2 is 1.95 bits per heavy atom. The molecule has 0 amide bonds. The minimum absolute atomic E-state index is 0.229. The highest BCUT2D eigenvalue weighted by Crippen LogP contribution is 2.40. The van der Waals surface area contributed by atoms with Gasteiger partial charge < -0.3 is 10.5 Å². The first-order chi connectivity index (χ1) is 9.54. The van der Waals surface area contributed by atoms with E-state index in [2.05, 4.69) is 15.9 Å². The van der Waals surface area contributed by atoms with Gasteiger partial charge in [-0.2, -0.15) is 0 Å². The Balaban J connectivity index is 1.96. The van der Waals surface area contributed by atoms with E-state index in [9.17, 15) is 8.78 Å². The van der Waals surface area contributed by atoms with Crippen molar-refractivity contribution in [3.05, 3.63) is 63.6 Å². The molecule has 20 heavy (non-hydrogen) atoms. The number of ether oxygens (including phenoxy) is 1. The molecule has 2 nitrogen and oxygen atoms in total. The van der Waals surface area contributed by atoms with Gasteiger partial charge in [0.1, 0.15) is 23.5 Å². The van der Waals surface area contributed by atoms with E-state index in [1.165, 1.54) is 18.2 Å². The van der Waals surface area contributed by atoms with Crippen LogP contribution >= 0.6 is 15.9 Å². The normalized spacial score (nSPS) is 21.2. The Morgan fingerprint density at radius 3 is 2.70 bits per heavy atom. The van der Waals surface area contributed by atoms with Crippen LogP contribution in [0.25, 0.3) is 0 Å². The van der Waals surface area contributed by atoms with Gasteiger partial charge in [-0.05, 0) is 39.7 Å². The molecule has 1 aliphatic heterocycles. The van der Waals surface area contributed by atoms with Crippen LogP contribution in [0.15, 0.2) is 40.9 Å². The van der Waals surface area contributed by atoms with Crippen LogP contribution in [0.3, 0.4) is 0 Å². The van der Waals surface area contributed by atoms with E-state index < -0.39 is 0 Å². The first kappa shape index (κ1) is 13.5. The lowest BCUT2D eigenvalue weighted by Gasteiger charge is -2.30. The monoisotopic (exact) mass is 339 g/mol. The van der Waals surface area contributed by atoms with Crippen LogP contribution in [-0.4, -0.2) is 0 Å². The van der Waals surface area contributed by atoms with Crippen molar-refractivity contribution in [1.29, 1.82) is 0 Å². The first-order valence-corrected chi connectivity index (χ1v) is 7.00. The molecule has 2 atom stereocenters. The maximum absolute atomic E-state index is 13.3. The number of halogens is 3. The Bertz CT molecular complexity index is 662. The SMILES string of the molecule is NC1CC(c2ccc(F)c(Br)c2)Oc2cc(F)ccc21. The van der Waals surface area contributed by atoms with Crippen LogP contribution in [0.4, 0.5) is 8.78 Å². The summed E-state index contributed by atoms with van der Waals surface area (Å²) in [7, 11) is 0. The van der Waals surface area contributed by atoms with E-state index in [4.69, 9.17) is 10.5 Å². The largest absolute Gasteiger partial charge is 0.485 e. The summed E-state index contributed by atoms with van der Waals surface area (Å²) < 4.78 is 32.7. The van der Waals surface area contributed by atoms with Gasteiger partial charge in [-0.1, -0.05) is 12.1 Å². The minimum Gasteiger partial charge on any atom is -0.485 e. The predicted molar refractivity (Wildman–Crippen MR) is 75.4 cm³/mol. The van der Waals surface area contributed by atoms with Gasteiger partial charge in [-0.15, -0.1) is 0 Å². The van der Waals surface area contributed by atoms with Crippen LogP contribution in [0.5, 0.6) is 5.75 Å². The van der Waals surface area contributed by atoms with E-state index in [1.54, 1.807) is 18.2 Å². The lowest BCUT2D eigenvalue weighted by atomic mass is 9.93. The maximum Gasteiger partial charge on any atom is 0.137 e. The fourth-order valence-corrected chi connectivity index (χ4v) is 2.79. The molecular formula is C15H12BrF2NO. The fourth-order valence-electron chi connectivity index (χ4n) is 2.39. The fraction of sp³-hybridized carbons (Fsp3) is 0.200. The molecule has 0 saturated heterocycles. The molecule has 0 spiro atoms. The number of benzene rings is 2. The average Bonchev–Trinajstić information content (AvgIpc) is 2.41. The molecule has 0 saturated carbocycles. The molecule has 2 unspecified atom stereocenters. The molecule has 0 radical (unpaired) electrons. The van der Waals surface area contributed by atoms with Crippen molar-refractivity contribution in [3.63, 3.8) is 0 Å². The summed E-state index contributed by atoms with van der Waals surface area (Å²) >= 11 is 3.15. The zero-order valence-electron chi connectivity index (χ0n) is 10.4. The zero-order chi connectivity index (χ0) is 14.3. The average molecular weight is 340 g/mol. The second kappa shape index (κ2) is 5.14. The molecule has 2 aromatic rings. The van der Waals surface area contributed by atoms with Crippen molar-refractivity contribution in [2.45, 2.75) is 18.6 Å². The molecule has 3 rings (SSSR count). The third kappa shape index (κ3) is 2.43. The molecule has 0 bridgehead atoms. The summed E-state index contributed by atoms with van der Waals surface area (Å²) in [6.45, 7) is 0. The summed E-state index contributed by atoms with van der Waals surface area (Å²) in [5.41, 5.74) is 7.71. The number of hydrogen-bond acceptors (Lipinski definition) is 2. The summed E-state index contributed by atoms with van der Waals surface area (Å²) in [5, 5.41) is 0. The van der Waals surface area contributed by atoms with Gasteiger partial charge in [0.2, 0.25) is 0 Å². The topological polar surface area (TPSA) is 35.2 Å². The lowest BCUT2D eigenvalue weighted by molar-refractivity contribution is 0.160. The second-order valence-electron chi connectivity index (χ2n) is 4.80. The molecule has 0 aliphatic carbocycles. The molecule has 1 heterocycles. The first-order valence-electron chi connectivity index (χ1n) is 6.21. The second-order valence-corrected chi connectivity index (χ2v) is 5.66. The molecule has 0 fully saturated rings. The van der Waals surface area contributed by atoms with Crippen LogP contribution in [-0.2, 0) is 0 Å². The summed E-state index contributed by atoms with van der Waals surface area (Å²) in [4.78, 5) is 0. The van der Waals surface area contributed by atoms with Gasteiger partial charge in [0.15, 0.2) is 0 Å². The van der Waals surface area contributed by atoms with Crippen molar-refractivity contribution in [3.8, 4) is 5.75 Å². The third-order valence-corrected chi connectivity index (χ3v) is 4.04. The molecule has 104 valence electrons. The van der Waals surface area contributed by atoms with E-state index in [-0.39, 0.29) is 23.8 Å². The molecule has 2 aromatic carbocycles. The Labute approximate surface area is 123 Å².